The maximum absolute atomic E-state index is 12.0. The normalized spacial score (nSPS) is 11.0. The Bertz CT molecular complexity index is 793. The molecule has 0 aliphatic heterocycles. The van der Waals surface area contributed by atoms with Crippen molar-refractivity contribution in [1.82, 2.24) is 0 Å². The van der Waals surface area contributed by atoms with Crippen LogP contribution in [0.15, 0.2) is 54.5 Å². The summed E-state index contributed by atoms with van der Waals surface area (Å²) in [5.74, 6) is 0.162. The molecule has 2 aromatic rings. The molecule has 2 rings (SSSR count). The molecule has 0 aliphatic carbocycles. The van der Waals surface area contributed by atoms with Crippen molar-refractivity contribution in [3.8, 4) is 11.5 Å². The molecule has 0 N–H and O–H groups in total. The van der Waals surface area contributed by atoms with E-state index in [1.54, 1.807) is 31.2 Å². The van der Waals surface area contributed by atoms with E-state index in [1.807, 2.05) is 6.07 Å². The topological polar surface area (TPSA) is 54.0 Å². The molecule has 0 radical (unpaired) electrons. The standard InChI is InChI=1S/C19H17Cl3O5/c1-2-25-19(23)18(27-13-6-4-3-5-7-13)12-24-8-9-26-17-11-15(21)14(20)10-16(17)22/h3-7,10-12H,2,8-9H2,1H3/b18-12-. The van der Waals surface area contributed by atoms with Gasteiger partial charge in [0, 0.05) is 6.07 Å². The molecular weight excluding hydrogens is 415 g/mol. The van der Waals surface area contributed by atoms with Gasteiger partial charge in [-0.25, -0.2) is 4.79 Å². The van der Waals surface area contributed by atoms with E-state index in [1.165, 1.54) is 18.4 Å². The summed E-state index contributed by atoms with van der Waals surface area (Å²) < 4.78 is 21.3. The van der Waals surface area contributed by atoms with Crippen molar-refractivity contribution in [3.05, 3.63) is 69.6 Å². The maximum atomic E-state index is 12.0. The van der Waals surface area contributed by atoms with Crippen LogP contribution in [-0.4, -0.2) is 25.8 Å². The zero-order valence-electron chi connectivity index (χ0n) is 14.4. The van der Waals surface area contributed by atoms with Crippen LogP contribution in [0.1, 0.15) is 6.92 Å². The van der Waals surface area contributed by atoms with E-state index in [0.29, 0.717) is 26.6 Å². The van der Waals surface area contributed by atoms with Gasteiger partial charge in [0.05, 0.1) is 21.7 Å². The van der Waals surface area contributed by atoms with Crippen molar-refractivity contribution in [2.45, 2.75) is 6.92 Å². The highest BCUT2D eigenvalue weighted by atomic mass is 35.5. The van der Waals surface area contributed by atoms with E-state index in [9.17, 15) is 4.79 Å². The molecular formula is C19H17Cl3O5. The Balaban J connectivity index is 1.92. The second kappa shape index (κ2) is 10.9. The number of para-hydroxylation sites is 1. The molecule has 0 unspecified atom stereocenters. The molecule has 0 aliphatic rings. The smallest absolute Gasteiger partial charge is 0.377 e. The SMILES string of the molecule is CCOC(=O)/C(=C/OCCOc1cc(Cl)c(Cl)cc1Cl)Oc1ccccc1. The van der Waals surface area contributed by atoms with E-state index in [-0.39, 0.29) is 25.6 Å². The lowest BCUT2D eigenvalue weighted by atomic mass is 10.3. The molecule has 0 heterocycles. The minimum absolute atomic E-state index is 0.0735. The molecule has 2 aromatic carbocycles. The Morgan fingerprint density at radius 2 is 1.70 bits per heavy atom. The van der Waals surface area contributed by atoms with Crippen LogP contribution in [0.4, 0.5) is 0 Å². The van der Waals surface area contributed by atoms with Crippen LogP contribution in [0.3, 0.4) is 0 Å². The van der Waals surface area contributed by atoms with Gasteiger partial charge in [0.2, 0.25) is 5.76 Å². The number of benzene rings is 2. The third-order valence-electron chi connectivity index (χ3n) is 3.07. The molecule has 0 fully saturated rings. The largest absolute Gasteiger partial charge is 0.493 e. The lowest BCUT2D eigenvalue weighted by Crippen LogP contribution is -2.14. The van der Waals surface area contributed by atoms with Crippen LogP contribution in [0, 0.1) is 0 Å². The second-order valence-corrected chi connectivity index (χ2v) is 6.26. The van der Waals surface area contributed by atoms with Crippen LogP contribution < -0.4 is 9.47 Å². The summed E-state index contributed by atoms with van der Waals surface area (Å²) in [5, 5.41) is 1.00. The maximum Gasteiger partial charge on any atom is 0.377 e. The first-order valence-electron chi connectivity index (χ1n) is 8.00. The van der Waals surface area contributed by atoms with Crippen molar-refractivity contribution in [3.63, 3.8) is 0 Å². The predicted octanol–water partition coefficient (Wildman–Crippen LogP) is 5.53. The number of ether oxygens (including phenoxy) is 4. The van der Waals surface area contributed by atoms with Crippen LogP contribution >= 0.6 is 34.8 Å². The van der Waals surface area contributed by atoms with E-state index in [4.69, 9.17) is 53.8 Å². The predicted molar refractivity (Wildman–Crippen MR) is 105 cm³/mol. The zero-order chi connectivity index (χ0) is 19.6. The van der Waals surface area contributed by atoms with E-state index < -0.39 is 5.97 Å². The molecule has 0 amide bonds. The molecule has 8 heteroatoms. The van der Waals surface area contributed by atoms with Gasteiger partial charge in [-0.3, -0.25) is 0 Å². The van der Waals surface area contributed by atoms with Gasteiger partial charge in [0.25, 0.3) is 0 Å². The monoisotopic (exact) mass is 430 g/mol. The van der Waals surface area contributed by atoms with Gasteiger partial charge in [0.15, 0.2) is 0 Å². The average Bonchev–Trinajstić information content (AvgIpc) is 2.65. The summed E-state index contributed by atoms with van der Waals surface area (Å²) in [6.45, 7) is 2.22. The Morgan fingerprint density at radius 1 is 1.00 bits per heavy atom. The number of rotatable bonds is 9. The molecule has 5 nitrogen and oxygen atoms in total. The summed E-state index contributed by atoms with van der Waals surface area (Å²) >= 11 is 17.8. The highest BCUT2D eigenvalue weighted by Crippen LogP contribution is 2.33. The van der Waals surface area contributed by atoms with Crippen LogP contribution in [0.5, 0.6) is 11.5 Å². The minimum Gasteiger partial charge on any atom is -0.493 e. The van der Waals surface area contributed by atoms with Crippen LogP contribution in [-0.2, 0) is 14.3 Å². The van der Waals surface area contributed by atoms with Crippen molar-refractivity contribution in [1.29, 1.82) is 0 Å². The fourth-order valence-electron chi connectivity index (χ4n) is 1.88. The molecule has 0 aromatic heterocycles. The average molecular weight is 432 g/mol. The van der Waals surface area contributed by atoms with Gasteiger partial charge >= 0.3 is 5.97 Å². The Kier molecular flexibility index (Phi) is 8.58. The third kappa shape index (κ3) is 6.86. The first-order chi connectivity index (χ1) is 13.0. The summed E-state index contributed by atoms with van der Waals surface area (Å²) in [5.41, 5.74) is 0. The first kappa shape index (κ1) is 21.2. The number of halogens is 3. The highest BCUT2D eigenvalue weighted by Gasteiger charge is 2.14. The number of hydrogen-bond acceptors (Lipinski definition) is 5. The zero-order valence-corrected chi connectivity index (χ0v) is 16.7. The van der Waals surface area contributed by atoms with Gasteiger partial charge in [-0.15, -0.1) is 0 Å². The molecule has 0 atom stereocenters. The fourth-order valence-corrected chi connectivity index (χ4v) is 2.47. The lowest BCUT2D eigenvalue weighted by Gasteiger charge is -2.11. The van der Waals surface area contributed by atoms with Crippen LogP contribution in [0.2, 0.25) is 15.1 Å². The van der Waals surface area contributed by atoms with Gasteiger partial charge in [0.1, 0.15) is 31.0 Å². The van der Waals surface area contributed by atoms with Crippen molar-refractivity contribution in [2.24, 2.45) is 0 Å². The van der Waals surface area contributed by atoms with Gasteiger partial charge in [-0.05, 0) is 25.1 Å². The summed E-state index contributed by atoms with van der Waals surface area (Å²) in [6.07, 6.45) is 1.19. The van der Waals surface area contributed by atoms with Crippen LogP contribution in [0.25, 0.3) is 0 Å². The lowest BCUT2D eigenvalue weighted by molar-refractivity contribution is -0.141. The Hall–Kier alpha value is -2.08. The highest BCUT2D eigenvalue weighted by molar-refractivity contribution is 6.43. The molecule has 0 saturated heterocycles. The summed E-state index contributed by atoms with van der Waals surface area (Å²) in [7, 11) is 0. The van der Waals surface area contributed by atoms with Crippen molar-refractivity contribution < 1.29 is 23.7 Å². The van der Waals surface area contributed by atoms with E-state index in [0.717, 1.165) is 0 Å². The molecule has 0 spiro atoms. The number of carbonyl (C=O) groups excluding carboxylic acids is 1. The Morgan fingerprint density at radius 3 is 2.41 bits per heavy atom. The quantitative estimate of drug-likeness (QED) is 0.172. The molecule has 144 valence electrons. The van der Waals surface area contributed by atoms with Crippen molar-refractivity contribution in [2.75, 3.05) is 19.8 Å². The fraction of sp³-hybridized carbons (Fsp3) is 0.211. The third-order valence-corrected chi connectivity index (χ3v) is 4.09. The first-order valence-corrected chi connectivity index (χ1v) is 9.13. The number of carbonyl (C=O) groups is 1. The van der Waals surface area contributed by atoms with Gasteiger partial charge < -0.3 is 18.9 Å². The number of hydrogen-bond donors (Lipinski definition) is 0. The van der Waals surface area contributed by atoms with Gasteiger partial charge in [-0.1, -0.05) is 53.0 Å². The minimum atomic E-state index is -0.630. The van der Waals surface area contributed by atoms with E-state index >= 15 is 0 Å². The van der Waals surface area contributed by atoms with E-state index in [2.05, 4.69) is 0 Å². The number of esters is 1. The molecule has 27 heavy (non-hydrogen) atoms. The van der Waals surface area contributed by atoms with Crippen molar-refractivity contribution >= 4 is 40.8 Å². The second-order valence-electron chi connectivity index (χ2n) is 5.03. The Labute approximate surface area is 172 Å². The summed E-state index contributed by atoms with van der Waals surface area (Å²) in [4.78, 5) is 12.0. The van der Waals surface area contributed by atoms with Gasteiger partial charge in [-0.2, -0.15) is 0 Å². The molecule has 0 bridgehead atoms. The molecule has 0 saturated carbocycles. The summed E-state index contributed by atoms with van der Waals surface area (Å²) in [6, 6.07) is 11.8.